The van der Waals surface area contributed by atoms with E-state index in [0.717, 1.165) is 6.07 Å². The van der Waals surface area contributed by atoms with Gasteiger partial charge in [0.05, 0.1) is 30.8 Å². The minimum absolute atomic E-state index is 0.0488. The van der Waals surface area contributed by atoms with Crippen LogP contribution in [0.4, 0.5) is 13.2 Å². The number of pyridine rings is 2. The monoisotopic (exact) mass is 441 g/mol. The fourth-order valence-electron chi connectivity index (χ4n) is 3.75. The lowest BCUT2D eigenvalue weighted by Crippen LogP contribution is -2.43. The molecule has 0 bridgehead atoms. The van der Waals surface area contributed by atoms with Crippen molar-refractivity contribution in [2.45, 2.75) is 25.1 Å². The van der Waals surface area contributed by atoms with Crippen molar-refractivity contribution in [1.29, 1.82) is 0 Å². The standard InChI is InChI=1S/C24H22F3N3O2/c25-24(26,27)20-9-2-1-6-17(20)14-19-8-5-10-21(29-19)22-16-30(12-13-32-22)23(31)15-18-7-3-4-11-28-18/h1-11,22H,12-16H2. The Morgan fingerprint density at radius 1 is 1.03 bits per heavy atom. The summed E-state index contributed by atoms with van der Waals surface area (Å²) in [6, 6.07) is 16.2. The van der Waals surface area contributed by atoms with Crippen LogP contribution in [0.1, 0.15) is 34.3 Å². The summed E-state index contributed by atoms with van der Waals surface area (Å²) in [4.78, 5) is 23.2. The van der Waals surface area contributed by atoms with E-state index in [4.69, 9.17) is 4.74 Å². The SMILES string of the molecule is O=C(Cc1ccccn1)N1CCOC(c2cccc(Cc3ccccc3C(F)(F)F)n2)C1. The molecular weight excluding hydrogens is 419 g/mol. The number of hydrogen-bond donors (Lipinski definition) is 0. The molecule has 1 fully saturated rings. The number of morpholine rings is 1. The number of nitrogens with zero attached hydrogens (tertiary/aromatic N) is 3. The molecular formula is C24H22F3N3O2. The van der Waals surface area contributed by atoms with E-state index in [1.54, 1.807) is 47.5 Å². The number of rotatable bonds is 5. The predicted molar refractivity (Wildman–Crippen MR) is 112 cm³/mol. The topological polar surface area (TPSA) is 55.3 Å². The van der Waals surface area contributed by atoms with Crippen LogP contribution in [0, 0.1) is 0 Å². The summed E-state index contributed by atoms with van der Waals surface area (Å²) >= 11 is 0. The Kier molecular flexibility index (Phi) is 6.50. The van der Waals surface area contributed by atoms with Gasteiger partial charge in [-0.2, -0.15) is 13.2 Å². The third-order valence-corrected chi connectivity index (χ3v) is 5.33. The van der Waals surface area contributed by atoms with Crippen LogP contribution in [0.2, 0.25) is 0 Å². The van der Waals surface area contributed by atoms with Crippen molar-refractivity contribution in [3.8, 4) is 0 Å². The van der Waals surface area contributed by atoms with Gasteiger partial charge in [0.1, 0.15) is 6.10 Å². The molecule has 0 radical (unpaired) electrons. The Balaban J connectivity index is 1.47. The van der Waals surface area contributed by atoms with Crippen molar-refractivity contribution < 1.29 is 22.7 Å². The van der Waals surface area contributed by atoms with Crippen LogP contribution in [-0.2, 0) is 28.5 Å². The number of alkyl halides is 3. The molecule has 0 N–H and O–H groups in total. The maximum atomic E-state index is 13.3. The summed E-state index contributed by atoms with van der Waals surface area (Å²) in [5, 5.41) is 0. The lowest BCUT2D eigenvalue weighted by atomic mass is 10.0. The van der Waals surface area contributed by atoms with Crippen LogP contribution < -0.4 is 0 Å². The summed E-state index contributed by atoms with van der Waals surface area (Å²) in [5.41, 5.74) is 1.32. The summed E-state index contributed by atoms with van der Waals surface area (Å²) in [6.07, 6.45) is -2.95. The van der Waals surface area contributed by atoms with Crippen molar-refractivity contribution in [3.05, 3.63) is 95.1 Å². The largest absolute Gasteiger partial charge is 0.416 e. The summed E-state index contributed by atoms with van der Waals surface area (Å²) in [6.45, 7) is 1.17. The van der Waals surface area contributed by atoms with E-state index < -0.39 is 17.8 Å². The highest BCUT2D eigenvalue weighted by molar-refractivity contribution is 5.78. The minimum Gasteiger partial charge on any atom is -0.368 e. The van der Waals surface area contributed by atoms with Crippen molar-refractivity contribution in [3.63, 3.8) is 0 Å². The van der Waals surface area contributed by atoms with Crippen molar-refractivity contribution >= 4 is 5.91 Å². The Morgan fingerprint density at radius 2 is 1.81 bits per heavy atom. The lowest BCUT2D eigenvalue weighted by Gasteiger charge is -2.33. The fraction of sp³-hybridized carbons (Fsp3) is 0.292. The van der Waals surface area contributed by atoms with Gasteiger partial charge in [0, 0.05) is 30.6 Å². The molecule has 1 aromatic carbocycles. The molecule has 1 amide bonds. The Hall–Kier alpha value is -3.26. The number of halogens is 3. The first-order valence-corrected chi connectivity index (χ1v) is 10.3. The zero-order chi connectivity index (χ0) is 22.6. The molecule has 1 aliphatic heterocycles. The van der Waals surface area contributed by atoms with Gasteiger partial charge in [-0.3, -0.25) is 14.8 Å². The summed E-state index contributed by atoms with van der Waals surface area (Å²) in [5.74, 6) is -0.0488. The molecule has 1 saturated heterocycles. The van der Waals surface area contributed by atoms with Gasteiger partial charge in [-0.1, -0.05) is 30.3 Å². The number of amides is 1. The number of carbonyl (C=O) groups is 1. The molecule has 3 heterocycles. The van der Waals surface area contributed by atoms with Crippen LogP contribution in [-0.4, -0.2) is 40.5 Å². The first kappa shape index (κ1) is 22.0. The zero-order valence-electron chi connectivity index (χ0n) is 17.3. The van der Waals surface area contributed by atoms with Crippen LogP contribution in [0.15, 0.2) is 66.9 Å². The van der Waals surface area contributed by atoms with Crippen molar-refractivity contribution in [1.82, 2.24) is 14.9 Å². The first-order chi connectivity index (χ1) is 15.4. The quantitative estimate of drug-likeness (QED) is 0.595. The molecule has 0 spiro atoms. The van der Waals surface area contributed by atoms with Gasteiger partial charge in [0.2, 0.25) is 5.91 Å². The molecule has 1 aliphatic rings. The van der Waals surface area contributed by atoms with Gasteiger partial charge >= 0.3 is 6.18 Å². The van der Waals surface area contributed by atoms with Crippen LogP contribution in [0.5, 0.6) is 0 Å². The van der Waals surface area contributed by atoms with Gasteiger partial charge in [-0.25, -0.2) is 0 Å². The van der Waals surface area contributed by atoms with E-state index >= 15 is 0 Å². The number of carbonyl (C=O) groups excluding carboxylic acids is 1. The maximum Gasteiger partial charge on any atom is 0.416 e. The highest BCUT2D eigenvalue weighted by Gasteiger charge is 2.33. The second kappa shape index (κ2) is 9.48. The van der Waals surface area contributed by atoms with Crippen LogP contribution in [0.3, 0.4) is 0 Å². The third kappa shape index (κ3) is 5.31. The molecule has 0 aliphatic carbocycles. The molecule has 166 valence electrons. The van der Waals surface area contributed by atoms with Gasteiger partial charge in [-0.15, -0.1) is 0 Å². The average Bonchev–Trinajstić information content (AvgIpc) is 2.80. The normalized spacial score (nSPS) is 16.7. The van der Waals surface area contributed by atoms with E-state index in [1.807, 2.05) is 6.07 Å². The van der Waals surface area contributed by atoms with E-state index in [9.17, 15) is 18.0 Å². The molecule has 3 aromatic rings. The van der Waals surface area contributed by atoms with E-state index in [-0.39, 0.29) is 24.3 Å². The average molecular weight is 441 g/mol. The van der Waals surface area contributed by atoms with Gasteiger partial charge in [0.15, 0.2) is 0 Å². The molecule has 32 heavy (non-hydrogen) atoms. The van der Waals surface area contributed by atoms with Crippen molar-refractivity contribution in [2.24, 2.45) is 0 Å². The number of hydrogen-bond acceptors (Lipinski definition) is 4. The smallest absolute Gasteiger partial charge is 0.368 e. The molecule has 1 atom stereocenters. The highest BCUT2D eigenvalue weighted by atomic mass is 19.4. The van der Waals surface area contributed by atoms with E-state index in [1.165, 1.54) is 12.1 Å². The number of ether oxygens (including phenoxy) is 1. The molecule has 2 aromatic heterocycles. The molecule has 8 heteroatoms. The van der Waals surface area contributed by atoms with Crippen LogP contribution >= 0.6 is 0 Å². The third-order valence-electron chi connectivity index (χ3n) is 5.33. The predicted octanol–water partition coefficient (Wildman–Crippen LogP) is 4.23. The van der Waals surface area contributed by atoms with Gasteiger partial charge in [0.25, 0.3) is 0 Å². The molecule has 1 unspecified atom stereocenters. The molecule has 4 rings (SSSR count). The highest BCUT2D eigenvalue weighted by Crippen LogP contribution is 2.33. The Labute approximate surface area is 183 Å². The molecule has 5 nitrogen and oxygen atoms in total. The van der Waals surface area contributed by atoms with Gasteiger partial charge in [-0.05, 0) is 35.9 Å². The summed E-state index contributed by atoms with van der Waals surface area (Å²) in [7, 11) is 0. The zero-order valence-corrected chi connectivity index (χ0v) is 17.3. The number of benzene rings is 1. The second-order valence-corrected chi connectivity index (χ2v) is 7.58. The first-order valence-electron chi connectivity index (χ1n) is 10.3. The van der Waals surface area contributed by atoms with E-state index in [2.05, 4.69) is 9.97 Å². The fourth-order valence-corrected chi connectivity index (χ4v) is 3.75. The van der Waals surface area contributed by atoms with Crippen LogP contribution in [0.25, 0.3) is 0 Å². The molecule has 0 saturated carbocycles. The van der Waals surface area contributed by atoms with Gasteiger partial charge < -0.3 is 9.64 Å². The minimum atomic E-state index is -4.42. The number of aromatic nitrogens is 2. The maximum absolute atomic E-state index is 13.3. The lowest BCUT2D eigenvalue weighted by molar-refractivity contribution is -0.139. The Bertz CT molecular complexity index is 1070. The second-order valence-electron chi connectivity index (χ2n) is 7.58. The summed E-state index contributed by atoms with van der Waals surface area (Å²) < 4.78 is 45.8. The Morgan fingerprint density at radius 3 is 2.59 bits per heavy atom. The van der Waals surface area contributed by atoms with E-state index in [0.29, 0.717) is 36.8 Å². The van der Waals surface area contributed by atoms with Crippen molar-refractivity contribution in [2.75, 3.05) is 19.7 Å².